The van der Waals surface area contributed by atoms with Crippen LogP contribution in [0.15, 0.2) is 0 Å². The molecule has 0 saturated carbocycles. The van der Waals surface area contributed by atoms with E-state index in [1.165, 1.54) is 45.2 Å². The Morgan fingerprint density at radius 3 is 2.59 bits per heavy atom. The van der Waals surface area contributed by atoms with Crippen LogP contribution in [0, 0.1) is 5.92 Å². The lowest BCUT2D eigenvalue weighted by Crippen LogP contribution is -2.50. The number of nitrogens with zero attached hydrogens (tertiary/aromatic N) is 2. The SMILES string of the molecule is COCC(C)NC(=O)N1CCCC(CN2CCCCCC2)C1. The van der Waals surface area contributed by atoms with E-state index < -0.39 is 0 Å². The molecule has 2 aliphatic rings. The van der Waals surface area contributed by atoms with Crippen molar-refractivity contribution < 1.29 is 9.53 Å². The number of hydrogen-bond donors (Lipinski definition) is 1. The van der Waals surface area contributed by atoms with E-state index in [1.54, 1.807) is 7.11 Å². The number of ether oxygens (including phenoxy) is 1. The summed E-state index contributed by atoms with van der Waals surface area (Å²) in [5, 5.41) is 3.03. The summed E-state index contributed by atoms with van der Waals surface area (Å²) >= 11 is 0. The summed E-state index contributed by atoms with van der Waals surface area (Å²) in [7, 11) is 1.67. The van der Waals surface area contributed by atoms with Crippen LogP contribution in [-0.2, 0) is 4.74 Å². The van der Waals surface area contributed by atoms with Crippen molar-refractivity contribution in [3.63, 3.8) is 0 Å². The molecule has 0 aliphatic carbocycles. The van der Waals surface area contributed by atoms with Crippen molar-refractivity contribution in [3.8, 4) is 0 Å². The normalized spacial score (nSPS) is 25.5. The van der Waals surface area contributed by atoms with Crippen LogP contribution in [0.25, 0.3) is 0 Å². The maximum Gasteiger partial charge on any atom is 0.317 e. The van der Waals surface area contributed by atoms with Crippen molar-refractivity contribution in [2.45, 2.75) is 51.5 Å². The van der Waals surface area contributed by atoms with Gasteiger partial charge < -0.3 is 19.9 Å². The molecule has 0 aromatic carbocycles. The van der Waals surface area contributed by atoms with E-state index in [-0.39, 0.29) is 12.1 Å². The number of hydrogen-bond acceptors (Lipinski definition) is 3. The van der Waals surface area contributed by atoms with Gasteiger partial charge in [0, 0.05) is 26.7 Å². The highest BCUT2D eigenvalue weighted by Gasteiger charge is 2.26. The van der Waals surface area contributed by atoms with E-state index in [0.717, 1.165) is 26.1 Å². The fraction of sp³-hybridized carbons (Fsp3) is 0.941. The van der Waals surface area contributed by atoms with Gasteiger partial charge in [-0.05, 0) is 51.6 Å². The Labute approximate surface area is 135 Å². The molecule has 0 aromatic heterocycles. The molecule has 2 saturated heterocycles. The van der Waals surface area contributed by atoms with Crippen LogP contribution in [0.5, 0.6) is 0 Å². The number of methoxy groups -OCH3 is 1. The number of nitrogens with one attached hydrogen (secondary N) is 1. The van der Waals surface area contributed by atoms with Gasteiger partial charge in [0.05, 0.1) is 12.6 Å². The van der Waals surface area contributed by atoms with Crippen LogP contribution in [0.2, 0.25) is 0 Å². The first-order valence-electron chi connectivity index (χ1n) is 8.95. The van der Waals surface area contributed by atoms with Gasteiger partial charge >= 0.3 is 6.03 Å². The average molecular weight is 311 g/mol. The molecule has 2 heterocycles. The fourth-order valence-corrected chi connectivity index (χ4v) is 3.68. The van der Waals surface area contributed by atoms with E-state index in [1.807, 2.05) is 11.8 Å². The first kappa shape index (κ1) is 17.5. The molecule has 22 heavy (non-hydrogen) atoms. The van der Waals surface area contributed by atoms with Gasteiger partial charge in [0.2, 0.25) is 0 Å². The third-order valence-corrected chi connectivity index (χ3v) is 4.81. The summed E-state index contributed by atoms with van der Waals surface area (Å²) < 4.78 is 5.09. The lowest BCUT2D eigenvalue weighted by molar-refractivity contribution is 0.130. The predicted molar refractivity (Wildman–Crippen MR) is 89.1 cm³/mol. The number of likely N-dealkylation sites (tertiary alicyclic amines) is 2. The summed E-state index contributed by atoms with van der Waals surface area (Å²) in [6, 6.07) is 0.147. The average Bonchev–Trinajstić information content (AvgIpc) is 2.76. The number of piperidine rings is 1. The minimum atomic E-state index is 0.0727. The zero-order valence-electron chi connectivity index (χ0n) is 14.4. The smallest absolute Gasteiger partial charge is 0.317 e. The molecule has 0 radical (unpaired) electrons. The molecule has 5 heteroatoms. The monoisotopic (exact) mass is 311 g/mol. The first-order valence-corrected chi connectivity index (χ1v) is 8.95. The fourth-order valence-electron chi connectivity index (χ4n) is 3.68. The van der Waals surface area contributed by atoms with Gasteiger partial charge in [-0.2, -0.15) is 0 Å². The lowest BCUT2D eigenvalue weighted by Gasteiger charge is -2.36. The topological polar surface area (TPSA) is 44.8 Å². The van der Waals surface area contributed by atoms with E-state index in [9.17, 15) is 4.79 Å². The van der Waals surface area contributed by atoms with Crippen molar-refractivity contribution >= 4 is 6.03 Å². The molecular weight excluding hydrogens is 278 g/mol. The highest BCUT2D eigenvalue weighted by atomic mass is 16.5. The van der Waals surface area contributed by atoms with Crippen molar-refractivity contribution in [3.05, 3.63) is 0 Å². The first-order chi connectivity index (χ1) is 10.7. The second-order valence-electron chi connectivity index (χ2n) is 6.97. The Morgan fingerprint density at radius 2 is 1.91 bits per heavy atom. The van der Waals surface area contributed by atoms with Gasteiger partial charge in [-0.3, -0.25) is 0 Å². The molecule has 0 bridgehead atoms. The number of carbonyl (C=O) groups excluding carboxylic acids is 1. The molecule has 2 fully saturated rings. The summed E-state index contributed by atoms with van der Waals surface area (Å²) in [6.07, 6.45) is 7.83. The molecule has 2 amide bonds. The van der Waals surface area contributed by atoms with Crippen molar-refractivity contribution in [2.75, 3.05) is 46.4 Å². The highest BCUT2D eigenvalue weighted by molar-refractivity contribution is 5.74. The van der Waals surface area contributed by atoms with Crippen LogP contribution in [0.3, 0.4) is 0 Å². The maximum absolute atomic E-state index is 12.3. The van der Waals surface area contributed by atoms with Crippen molar-refractivity contribution in [1.82, 2.24) is 15.1 Å². The van der Waals surface area contributed by atoms with Crippen LogP contribution in [-0.4, -0.2) is 68.3 Å². The largest absolute Gasteiger partial charge is 0.383 e. The van der Waals surface area contributed by atoms with Gasteiger partial charge in [-0.15, -0.1) is 0 Å². The minimum Gasteiger partial charge on any atom is -0.383 e. The van der Waals surface area contributed by atoms with E-state index in [2.05, 4.69) is 10.2 Å². The van der Waals surface area contributed by atoms with Crippen molar-refractivity contribution in [1.29, 1.82) is 0 Å². The molecule has 2 rings (SSSR count). The minimum absolute atomic E-state index is 0.0727. The van der Waals surface area contributed by atoms with E-state index in [0.29, 0.717) is 12.5 Å². The second kappa shape index (κ2) is 9.36. The maximum atomic E-state index is 12.3. The standard InChI is InChI=1S/C17H33N3O2/c1-15(14-22-2)18-17(21)20-11-7-8-16(13-20)12-19-9-5-3-4-6-10-19/h15-16H,3-14H2,1-2H3,(H,18,21). The van der Waals surface area contributed by atoms with Crippen LogP contribution >= 0.6 is 0 Å². The Kier molecular flexibility index (Phi) is 7.46. The molecule has 2 atom stereocenters. The van der Waals surface area contributed by atoms with Gasteiger partial charge in [0.25, 0.3) is 0 Å². The number of rotatable bonds is 5. The Morgan fingerprint density at radius 1 is 1.18 bits per heavy atom. The zero-order chi connectivity index (χ0) is 15.8. The highest BCUT2D eigenvalue weighted by Crippen LogP contribution is 2.19. The number of urea groups is 1. The molecule has 0 aromatic rings. The summed E-state index contributed by atoms with van der Waals surface area (Å²) in [4.78, 5) is 16.9. The van der Waals surface area contributed by atoms with E-state index in [4.69, 9.17) is 4.74 Å². The molecule has 1 N–H and O–H groups in total. The van der Waals surface area contributed by atoms with Crippen LogP contribution < -0.4 is 5.32 Å². The molecule has 5 nitrogen and oxygen atoms in total. The molecule has 2 aliphatic heterocycles. The predicted octanol–water partition coefficient (Wildman–Crippen LogP) is 2.32. The molecule has 128 valence electrons. The van der Waals surface area contributed by atoms with Gasteiger partial charge in [-0.25, -0.2) is 4.79 Å². The molecular formula is C17H33N3O2. The number of amides is 2. The number of carbonyl (C=O) groups is 1. The van der Waals surface area contributed by atoms with Gasteiger partial charge in [0.15, 0.2) is 0 Å². The third-order valence-electron chi connectivity index (χ3n) is 4.81. The second-order valence-corrected chi connectivity index (χ2v) is 6.97. The Hall–Kier alpha value is -0.810. The van der Waals surface area contributed by atoms with Gasteiger partial charge in [-0.1, -0.05) is 12.8 Å². The molecule has 2 unspecified atom stereocenters. The third kappa shape index (κ3) is 5.76. The summed E-state index contributed by atoms with van der Waals surface area (Å²) in [5.41, 5.74) is 0. The Balaban J connectivity index is 1.76. The molecule has 0 spiro atoms. The lowest BCUT2D eigenvalue weighted by atomic mass is 9.97. The quantitative estimate of drug-likeness (QED) is 0.847. The summed E-state index contributed by atoms with van der Waals surface area (Å²) in [5.74, 6) is 0.635. The Bertz CT molecular complexity index is 330. The van der Waals surface area contributed by atoms with Crippen molar-refractivity contribution in [2.24, 2.45) is 5.92 Å². The summed E-state index contributed by atoms with van der Waals surface area (Å²) in [6.45, 7) is 8.00. The van der Waals surface area contributed by atoms with E-state index >= 15 is 0 Å². The zero-order valence-corrected chi connectivity index (χ0v) is 14.4. The van der Waals surface area contributed by atoms with Gasteiger partial charge in [0.1, 0.15) is 0 Å². The van der Waals surface area contributed by atoms with Crippen LogP contribution in [0.4, 0.5) is 4.79 Å². The van der Waals surface area contributed by atoms with Crippen LogP contribution in [0.1, 0.15) is 45.4 Å².